The molecule has 0 N–H and O–H groups in total. The predicted octanol–water partition coefficient (Wildman–Crippen LogP) is 2.32. The molecule has 68 valence electrons. The van der Waals surface area contributed by atoms with Crippen molar-refractivity contribution in [2.24, 2.45) is 5.92 Å². The number of ether oxygens (including phenoxy) is 1. The molecule has 0 aromatic carbocycles. The van der Waals surface area contributed by atoms with E-state index in [0.717, 1.165) is 0 Å². The summed E-state index contributed by atoms with van der Waals surface area (Å²) in [7, 11) is 0. The summed E-state index contributed by atoms with van der Waals surface area (Å²) in [5.74, 6) is -0.0806. The van der Waals surface area contributed by atoms with Gasteiger partial charge in [-0.05, 0) is 13.8 Å². The van der Waals surface area contributed by atoms with Crippen LogP contribution in [-0.2, 0) is 9.53 Å². The molecule has 0 fully saturated rings. The molecule has 0 radical (unpaired) electrons. The summed E-state index contributed by atoms with van der Waals surface area (Å²) in [4.78, 5) is 10.6. The first-order valence-electron chi connectivity index (χ1n) is 4.00. The van der Waals surface area contributed by atoms with Crippen LogP contribution in [0.15, 0.2) is 24.3 Å². The minimum atomic E-state index is -0.357. The number of carbonyl (C=O) groups is 1. The summed E-state index contributed by atoms with van der Waals surface area (Å²) in [6.45, 7) is 9.78. The lowest BCUT2D eigenvalue weighted by atomic mass is 10.1. The van der Waals surface area contributed by atoms with Gasteiger partial charge in [-0.3, -0.25) is 0 Å². The van der Waals surface area contributed by atoms with E-state index in [1.165, 1.54) is 11.6 Å². The average Bonchev–Trinajstić information content (AvgIpc) is 1.99. The first kappa shape index (κ1) is 11.0. The van der Waals surface area contributed by atoms with Crippen LogP contribution in [0.5, 0.6) is 0 Å². The van der Waals surface area contributed by atoms with Gasteiger partial charge in [0.05, 0.1) is 6.61 Å². The first-order valence-corrected chi connectivity index (χ1v) is 4.00. The Bertz CT molecular complexity index is 188. The molecule has 0 amide bonds. The Labute approximate surface area is 73.9 Å². The second-order valence-electron chi connectivity index (χ2n) is 3.06. The van der Waals surface area contributed by atoms with Crippen LogP contribution in [-0.4, -0.2) is 12.6 Å². The van der Waals surface area contributed by atoms with Gasteiger partial charge in [-0.2, -0.15) is 0 Å². The van der Waals surface area contributed by atoms with E-state index in [-0.39, 0.29) is 11.9 Å². The number of hydrogen-bond donors (Lipinski definition) is 0. The second kappa shape index (κ2) is 5.58. The van der Waals surface area contributed by atoms with Crippen LogP contribution in [0.2, 0.25) is 0 Å². The largest absolute Gasteiger partial charge is 0.462 e. The Kier molecular flexibility index (Phi) is 5.09. The lowest BCUT2D eigenvalue weighted by Crippen LogP contribution is -2.08. The molecule has 0 aromatic heterocycles. The van der Waals surface area contributed by atoms with Crippen LogP contribution in [0, 0.1) is 5.92 Å². The average molecular weight is 168 g/mol. The maximum absolute atomic E-state index is 10.6. The highest BCUT2D eigenvalue weighted by Gasteiger charge is 2.00. The van der Waals surface area contributed by atoms with Crippen molar-refractivity contribution >= 4 is 5.97 Å². The van der Waals surface area contributed by atoms with Crippen LogP contribution in [0.1, 0.15) is 20.8 Å². The highest BCUT2D eigenvalue weighted by molar-refractivity contribution is 5.81. The van der Waals surface area contributed by atoms with Gasteiger partial charge in [0.2, 0.25) is 0 Å². The summed E-state index contributed by atoms with van der Waals surface area (Å²) in [5, 5.41) is 0. The minimum Gasteiger partial charge on any atom is -0.462 e. The van der Waals surface area contributed by atoms with E-state index in [1.54, 1.807) is 0 Å². The lowest BCUT2D eigenvalue weighted by Gasteiger charge is -2.06. The number of carbonyl (C=O) groups excluding carboxylic acids is 1. The molecule has 0 rings (SSSR count). The molecule has 0 aliphatic carbocycles. The molecule has 1 unspecified atom stereocenters. The van der Waals surface area contributed by atoms with Crippen LogP contribution < -0.4 is 0 Å². The van der Waals surface area contributed by atoms with E-state index >= 15 is 0 Å². The molecule has 2 heteroatoms. The van der Waals surface area contributed by atoms with Crippen LogP contribution in [0.3, 0.4) is 0 Å². The van der Waals surface area contributed by atoms with Crippen molar-refractivity contribution in [2.45, 2.75) is 20.8 Å². The smallest absolute Gasteiger partial charge is 0.330 e. The monoisotopic (exact) mass is 168 g/mol. The van der Waals surface area contributed by atoms with E-state index in [1.807, 2.05) is 20.8 Å². The molecule has 12 heavy (non-hydrogen) atoms. The fourth-order valence-electron chi connectivity index (χ4n) is 0.890. The summed E-state index contributed by atoms with van der Waals surface area (Å²) in [6, 6.07) is 0. The Morgan fingerprint density at radius 3 is 2.58 bits per heavy atom. The van der Waals surface area contributed by atoms with E-state index in [2.05, 4.69) is 12.7 Å². The summed E-state index contributed by atoms with van der Waals surface area (Å²) >= 11 is 0. The maximum Gasteiger partial charge on any atom is 0.330 e. The molecule has 0 saturated carbocycles. The Balaban J connectivity index is 3.71. The Hall–Kier alpha value is -1.05. The topological polar surface area (TPSA) is 26.3 Å². The molecule has 0 bridgehead atoms. The summed E-state index contributed by atoms with van der Waals surface area (Å²) in [6.07, 6.45) is 3.24. The van der Waals surface area contributed by atoms with Crippen molar-refractivity contribution in [3.63, 3.8) is 0 Å². The van der Waals surface area contributed by atoms with Crippen molar-refractivity contribution in [3.05, 3.63) is 24.3 Å². The van der Waals surface area contributed by atoms with Gasteiger partial charge in [-0.25, -0.2) is 4.79 Å². The summed E-state index contributed by atoms with van der Waals surface area (Å²) in [5.41, 5.74) is 1.23. The molecule has 0 saturated heterocycles. The number of esters is 1. The van der Waals surface area contributed by atoms with Gasteiger partial charge in [-0.15, -0.1) is 0 Å². The zero-order valence-electron chi connectivity index (χ0n) is 7.96. The number of allylic oxidation sites excluding steroid dienone is 1. The molecule has 0 aromatic rings. The van der Waals surface area contributed by atoms with Crippen molar-refractivity contribution < 1.29 is 9.53 Å². The van der Waals surface area contributed by atoms with Crippen molar-refractivity contribution in [3.8, 4) is 0 Å². The third-order valence-electron chi connectivity index (χ3n) is 1.27. The van der Waals surface area contributed by atoms with E-state index in [9.17, 15) is 4.79 Å². The highest BCUT2D eigenvalue weighted by Crippen LogP contribution is 2.02. The van der Waals surface area contributed by atoms with Gasteiger partial charge >= 0.3 is 5.97 Å². The highest BCUT2D eigenvalue weighted by atomic mass is 16.5. The molecule has 0 aliphatic heterocycles. The standard InChI is InChI=1S/C10H16O2/c1-5-10(11)12-7-9(4)6-8(2)3/h5-6,9H,1,7H2,2-4H3. The third-order valence-corrected chi connectivity index (χ3v) is 1.27. The third kappa shape index (κ3) is 5.71. The van der Waals surface area contributed by atoms with Crippen molar-refractivity contribution in [1.82, 2.24) is 0 Å². The molecule has 2 nitrogen and oxygen atoms in total. The Morgan fingerprint density at radius 2 is 2.17 bits per heavy atom. The predicted molar refractivity (Wildman–Crippen MR) is 49.8 cm³/mol. The molecular weight excluding hydrogens is 152 g/mol. The van der Waals surface area contributed by atoms with Crippen LogP contribution in [0.25, 0.3) is 0 Å². The molecule has 1 atom stereocenters. The normalized spacial score (nSPS) is 11.6. The van der Waals surface area contributed by atoms with Crippen LogP contribution in [0.4, 0.5) is 0 Å². The van der Waals surface area contributed by atoms with Gasteiger partial charge in [-0.1, -0.05) is 25.2 Å². The van der Waals surface area contributed by atoms with E-state index in [0.29, 0.717) is 6.61 Å². The second-order valence-corrected chi connectivity index (χ2v) is 3.06. The van der Waals surface area contributed by atoms with Gasteiger partial charge in [0.15, 0.2) is 0 Å². The zero-order chi connectivity index (χ0) is 9.56. The molecule has 0 spiro atoms. The molecular formula is C10H16O2. The fraction of sp³-hybridized carbons (Fsp3) is 0.500. The number of rotatable bonds is 4. The Morgan fingerprint density at radius 1 is 1.58 bits per heavy atom. The molecule has 0 heterocycles. The van der Waals surface area contributed by atoms with E-state index < -0.39 is 0 Å². The lowest BCUT2D eigenvalue weighted by molar-refractivity contribution is -0.138. The van der Waals surface area contributed by atoms with Gasteiger partial charge in [0, 0.05) is 12.0 Å². The van der Waals surface area contributed by atoms with E-state index in [4.69, 9.17) is 4.74 Å². The fourth-order valence-corrected chi connectivity index (χ4v) is 0.890. The first-order chi connectivity index (χ1) is 5.56. The van der Waals surface area contributed by atoms with Gasteiger partial charge in [0.25, 0.3) is 0 Å². The zero-order valence-corrected chi connectivity index (χ0v) is 7.96. The quantitative estimate of drug-likeness (QED) is 0.366. The summed E-state index contributed by atoms with van der Waals surface area (Å²) < 4.78 is 4.85. The minimum absolute atomic E-state index is 0.277. The molecule has 0 aliphatic rings. The van der Waals surface area contributed by atoms with Crippen LogP contribution >= 0.6 is 0 Å². The number of hydrogen-bond acceptors (Lipinski definition) is 2. The van der Waals surface area contributed by atoms with Crippen molar-refractivity contribution in [2.75, 3.05) is 6.61 Å². The SMILES string of the molecule is C=CC(=O)OCC(C)C=C(C)C. The maximum atomic E-state index is 10.6. The van der Waals surface area contributed by atoms with Gasteiger partial charge in [0.1, 0.15) is 0 Å². The van der Waals surface area contributed by atoms with Crippen molar-refractivity contribution in [1.29, 1.82) is 0 Å². The van der Waals surface area contributed by atoms with Gasteiger partial charge < -0.3 is 4.74 Å².